The van der Waals surface area contributed by atoms with Crippen LogP contribution in [0.1, 0.15) is 60.8 Å². The molecule has 2 saturated heterocycles. The summed E-state index contributed by atoms with van der Waals surface area (Å²) in [5.41, 5.74) is 2.72. The van der Waals surface area contributed by atoms with Gasteiger partial charge in [-0.1, -0.05) is 35.9 Å². The predicted octanol–water partition coefficient (Wildman–Crippen LogP) is 4.82. The Morgan fingerprint density at radius 3 is 2.46 bits per heavy atom. The molecule has 3 amide bonds. The van der Waals surface area contributed by atoms with Gasteiger partial charge in [-0.05, 0) is 68.2 Å². The van der Waals surface area contributed by atoms with Crippen molar-refractivity contribution in [1.82, 2.24) is 15.1 Å². The Labute approximate surface area is 226 Å². The van der Waals surface area contributed by atoms with Gasteiger partial charge >= 0.3 is 18.1 Å². The van der Waals surface area contributed by atoms with Gasteiger partial charge in [0.2, 0.25) is 6.10 Å². The molecule has 0 radical (unpaired) electrons. The van der Waals surface area contributed by atoms with Crippen LogP contribution in [0.25, 0.3) is 0 Å². The number of imide groups is 1. The standard InChI is InChI=1S/C29H33F2N3O5/c1-17-4-3-5-19(14-17)18-6-9-22(10-7-18)33-13-12-21(16-33)32-28(36)34-25(20-8-11-23(30)24(31)15-20)26(27(35)38-2)39-29(34)37/h3-5,8,11,14-15,18,21-22,25-26H,6-7,9-10,12-13,16H2,1-2H3,(H,32,36). The number of hydrogen-bond acceptors (Lipinski definition) is 6. The Bertz CT molecular complexity index is 1250. The average molecular weight is 542 g/mol. The number of carbonyl (C=O) groups is 3. The van der Waals surface area contributed by atoms with Crippen LogP contribution in [-0.4, -0.2) is 66.3 Å². The molecule has 2 aliphatic heterocycles. The van der Waals surface area contributed by atoms with Crippen LogP contribution in [0, 0.1) is 18.6 Å². The summed E-state index contributed by atoms with van der Waals surface area (Å²) in [6.07, 6.45) is 2.55. The van der Waals surface area contributed by atoms with E-state index < -0.39 is 41.9 Å². The van der Waals surface area contributed by atoms with Crippen molar-refractivity contribution in [2.24, 2.45) is 0 Å². The monoisotopic (exact) mass is 541 g/mol. The van der Waals surface area contributed by atoms with E-state index in [9.17, 15) is 23.2 Å². The van der Waals surface area contributed by atoms with E-state index in [4.69, 9.17) is 9.47 Å². The summed E-state index contributed by atoms with van der Waals surface area (Å²) in [6, 6.07) is 9.83. The van der Waals surface area contributed by atoms with Crippen LogP contribution in [0.2, 0.25) is 0 Å². The third kappa shape index (κ3) is 5.61. The zero-order valence-corrected chi connectivity index (χ0v) is 22.1. The van der Waals surface area contributed by atoms with E-state index in [1.54, 1.807) is 0 Å². The van der Waals surface area contributed by atoms with Crippen molar-refractivity contribution in [3.8, 4) is 0 Å². The molecule has 39 heavy (non-hydrogen) atoms. The van der Waals surface area contributed by atoms with Crippen molar-refractivity contribution in [2.45, 2.75) is 69.2 Å². The molecule has 1 aliphatic carbocycles. The highest BCUT2D eigenvalue weighted by Crippen LogP contribution is 2.37. The lowest BCUT2D eigenvalue weighted by atomic mass is 9.81. The largest absolute Gasteiger partial charge is 0.466 e. The number of ether oxygens (including phenoxy) is 2. The number of methoxy groups -OCH3 is 1. The van der Waals surface area contributed by atoms with Crippen molar-refractivity contribution in [3.05, 3.63) is 70.8 Å². The summed E-state index contributed by atoms with van der Waals surface area (Å²) in [6.45, 7) is 3.59. The summed E-state index contributed by atoms with van der Waals surface area (Å²) >= 11 is 0. The molecule has 0 spiro atoms. The van der Waals surface area contributed by atoms with E-state index >= 15 is 0 Å². The Morgan fingerprint density at radius 1 is 1.00 bits per heavy atom. The molecule has 1 saturated carbocycles. The van der Waals surface area contributed by atoms with Crippen LogP contribution in [0.15, 0.2) is 42.5 Å². The summed E-state index contributed by atoms with van der Waals surface area (Å²) < 4.78 is 37.4. The Hall–Kier alpha value is -3.53. The summed E-state index contributed by atoms with van der Waals surface area (Å²) in [5, 5.41) is 2.89. The first-order chi connectivity index (χ1) is 18.7. The lowest BCUT2D eigenvalue weighted by Gasteiger charge is -2.35. The van der Waals surface area contributed by atoms with Gasteiger partial charge in [-0.3, -0.25) is 4.90 Å². The molecular weight excluding hydrogens is 508 g/mol. The highest BCUT2D eigenvalue weighted by Gasteiger charge is 2.51. The molecule has 1 N–H and O–H groups in total. The first-order valence-corrected chi connectivity index (χ1v) is 13.4. The van der Waals surface area contributed by atoms with Crippen LogP contribution < -0.4 is 5.32 Å². The molecule has 3 atom stereocenters. The number of urea groups is 1. The predicted molar refractivity (Wildman–Crippen MR) is 138 cm³/mol. The fourth-order valence-corrected chi connectivity index (χ4v) is 6.18. The molecule has 5 rings (SSSR count). The Morgan fingerprint density at radius 2 is 1.77 bits per heavy atom. The van der Waals surface area contributed by atoms with Gasteiger partial charge in [-0.2, -0.15) is 0 Å². The van der Waals surface area contributed by atoms with Crippen LogP contribution in [0.5, 0.6) is 0 Å². The maximum Gasteiger partial charge on any atom is 0.419 e. The number of esters is 1. The molecule has 3 fully saturated rings. The number of rotatable bonds is 5. The van der Waals surface area contributed by atoms with Gasteiger partial charge in [0.15, 0.2) is 11.6 Å². The minimum Gasteiger partial charge on any atom is -0.466 e. The molecule has 208 valence electrons. The van der Waals surface area contributed by atoms with Crippen molar-refractivity contribution < 1.29 is 32.6 Å². The highest BCUT2D eigenvalue weighted by atomic mass is 19.2. The molecule has 3 aliphatic rings. The zero-order chi connectivity index (χ0) is 27.7. The Kier molecular flexibility index (Phi) is 7.83. The Balaban J connectivity index is 1.22. The van der Waals surface area contributed by atoms with E-state index in [0.717, 1.165) is 56.4 Å². The SMILES string of the molecule is COC(=O)C1OC(=O)N(C(=O)NC2CCN(C3CCC(c4cccc(C)c4)CC3)C2)C1c1ccc(F)c(F)c1. The second-order valence-corrected chi connectivity index (χ2v) is 10.7. The van der Waals surface area contributed by atoms with Crippen LogP contribution >= 0.6 is 0 Å². The first-order valence-electron chi connectivity index (χ1n) is 13.4. The quantitative estimate of drug-likeness (QED) is 0.547. The highest BCUT2D eigenvalue weighted by molar-refractivity contribution is 5.96. The smallest absolute Gasteiger partial charge is 0.419 e. The van der Waals surface area contributed by atoms with Crippen molar-refractivity contribution >= 4 is 18.1 Å². The lowest BCUT2D eigenvalue weighted by Crippen LogP contribution is -2.48. The number of nitrogens with zero attached hydrogens (tertiary/aromatic N) is 2. The number of halogens is 2. The molecule has 10 heteroatoms. The van der Waals surface area contributed by atoms with Crippen molar-refractivity contribution in [1.29, 1.82) is 0 Å². The zero-order valence-electron chi connectivity index (χ0n) is 22.1. The maximum atomic E-state index is 14.0. The third-order valence-corrected chi connectivity index (χ3v) is 8.20. The molecule has 0 aromatic heterocycles. The van der Waals surface area contributed by atoms with Gasteiger partial charge in [0.05, 0.1) is 7.11 Å². The number of carbonyl (C=O) groups excluding carboxylic acids is 3. The normalized spacial score (nSPS) is 27.3. The van der Waals surface area contributed by atoms with Gasteiger partial charge in [-0.25, -0.2) is 28.1 Å². The van der Waals surface area contributed by atoms with Gasteiger partial charge in [0.25, 0.3) is 0 Å². The van der Waals surface area contributed by atoms with E-state index in [-0.39, 0.29) is 11.6 Å². The molecule has 0 bridgehead atoms. The van der Waals surface area contributed by atoms with Gasteiger partial charge < -0.3 is 14.8 Å². The fourth-order valence-electron chi connectivity index (χ4n) is 6.18. The molecule has 2 aromatic carbocycles. The number of cyclic esters (lactones) is 1. The maximum absolute atomic E-state index is 14.0. The van der Waals surface area contributed by atoms with Gasteiger partial charge in [0.1, 0.15) is 6.04 Å². The van der Waals surface area contributed by atoms with E-state index in [2.05, 4.69) is 41.4 Å². The van der Waals surface area contributed by atoms with Crippen LogP contribution in [0.4, 0.5) is 18.4 Å². The second kappa shape index (κ2) is 11.3. The molecule has 2 heterocycles. The number of aryl methyl sites for hydroxylation is 1. The number of amides is 3. The number of nitrogens with one attached hydrogen (secondary N) is 1. The molecule has 8 nitrogen and oxygen atoms in total. The summed E-state index contributed by atoms with van der Waals surface area (Å²) in [7, 11) is 1.11. The average Bonchev–Trinajstić information content (AvgIpc) is 3.54. The van der Waals surface area contributed by atoms with E-state index in [1.165, 1.54) is 17.2 Å². The molecular formula is C29H33F2N3O5. The minimum absolute atomic E-state index is 0.0451. The van der Waals surface area contributed by atoms with E-state index in [0.29, 0.717) is 24.9 Å². The number of likely N-dealkylation sites (tertiary alicyclic amines) is 1. The van der Waals surface area contributed by atoms with Gasteiger partial charge in [-0.15, -0.1) is 0 Å². The summed E-state index contributed by atoms with van der Waals surface area (Å²) in [5.74, 6) is -2.59. The van der Waals surface area contributed by atoms with Crippen LogP contribution in [-0.2, 0) is 14.3 Å². The second-order valence-electron chi connectivity index (χ2n) is 10.7. The third-order valence-electron chi connectivity index (χ3n) is 8.20. The summed E-state index contributed by atoms with van der Waals surface area (Å²) in [4.78, 5) is 41.5. The fraction of sp³-hybridized carbons (Fsp3) is 0.483. The number of hydrogen-bond donors (Lipinski definition) is 1. The molecule has 2 aromatic rings. The van der Waals surface area contributed by atoms with Crippen LogP contribution in [0.3, 0.4) is 0 Å². The topological polar surface area (TPSA) is 88.2 Å². The van der Waals surface area contributed by atoms with Crippen molar-refractivity contribution in [3.63, 3.8) is 0 Å². The first kappa shape index (κ1) is 27.1. The lowest BCUT2D eigenvalue weighted by molar-refractivity contribution is -0.150. The molecule has 3 unspecified atom stereocenters. The minimum atomic E-state index is -1.50. The number of benzene rings is 2. The van der Waals surface area contributed by atoms with E-state index in [1.807, 2.05) is 0 Å². The van der Waals surface area contributed by atoms with Crippen molar-refractivity contribution in [2.75, 3.05) is 20.2 Å². The van der Waals surface area contributed by atoms with Gasteiger partial charge in [0, 0.05) is 25.2 Å².